The van der Waals surface area contributed by atoms with Crippen LogP contribution < -0.4 is 5.32 Å². The Morgan fingerprint density at radius 1 is 1.35 bits per heavy atom. The molecule has 0 aliphatic carbocycles. The first-order valence-electron chi connectivity index (χ1n) is 8.82. The van der Waals surface area contributed by atoms with Crippen molar-refractivity contribution in [2.75, 3.05) is 26.7 Å². The van der Waals surface area contributed by atoms with Crippen LogP contribution in [0.2, 0.25) is 0 Å². The smallest absolute Gasteiger partial charge is 0.308 e. The zero-order valence-electron chi connectivity index (χ0n) is 15.9. The van der Waals surface area contributed by atoms with Gasteiger partial charge >= 0.3 is 5.97 Å². The summed E-state index contributed by atoms with van der Waals surface area (Å²) in [6, 6.07) is -0.306. The van der Waals surface area contributed by atoms with Crippen LogP contribution in [0.1, 0.15) is 33.6 Å². The highest BCUT2D eigenvalue weighted by Gasteiger charge is 2.29. The van der Waals surface area contributed by atoms with Gasteiger partial charge in [-0.25, -0.2) is 0 Å². The number of aliphatic carboxylic acids is 1. The van der Waals surface area contributed by atoms with Crippen LogP contribution in [0.4, 0.5) is 0 Å². The van der Waals surface area contributed by atoms with Gasteiger partial charge in [0.1, 0.15) is 0 Å². The van der Waals surface area contributed by atoms with Crippen LogP contribution in [0.15, 0.2) is 11.6 Å². The Morgan fingerprint density at radius 3 is 2.54 bits per heavy atom. The Hall–Kier alpha value is -2.38. The monoisotopic (exact) mass is 367 g/mol. The first-order chi connectivity index (χ1) is 12.2. The highest BCUT2D eigenvalue weighted by molar-refractivity contribution is 5.93. The molecule has 1 rings (SSSR count). The first-order valence-corrected chi connectivity index (χ1v) is 8.82. The number of hydrogen-bond acceptors (Lipinski definition) is 4. The normalized spacial score (nSPS) is 19.0. The van der Waals surface area contributed by atoms with Crippen molar-refractivity contribution in [2.24, 2.45) is 11.8 Å². The van der Waals surface area contributed by atoms with Gasteiger partial charge in [-0.05, 0) is 25.7 Å². The predicted octanol–water partition coefficient (Wildman–Crippen LogP) is 0.485. The van der Waals surface area contributed by atoms with Crippen LogP contribution in [-0.4, -0.2) is 71.8 Å². The number of carboxylic acid groups (broad SMARTS) is 1. The summed E-state index contributed by atoms with van der Waals surface area (Å²) in [5.41, 5.74) is 0.484. The number of rotatable bonds is 8. The predicted molar refractivity (Wildman–Crippen MR) is 96.2 cm³/mol. The van der Waals surface area contributed by atoms with Crippen molar-refractivity contribution >= 4 is 24.2 Å². The number of nitrogens with one attached hydrogen (secondary N) is 1. The van der Waals surface area contributed by atoms with E-state index < -0.39 is 11.9 Å². The van der Waals surface area contributed by atoms with Crippen molar-refractivity contribution in [1.82, 2.24) is 15.1 Å². The Morgan fingerprint density at radius 2 is 2.00 bits per heavy atom. The van der Waals surface area contributed by atoms with Crippen LogP contribution in [0, 0.1) is 11.8 Å². The van der Waals surface area contributed by atoms with Crippen molar-refractivity contribution in [3.8, 4) is 0 Å². The van der Waals surface area contributed by atoms with Crippen LogP contribution in [0.5, 0.6) is 0 Å². The van der Waals surface area contributed by atoms with Gasteiger partial charge in [0, 0.05) is 25.7 Å². The molecule has 1 heterocycles. The Labute approximate surface area is 154 Å². The number of likely N-dealkylation sites (N-methyl/N-ethyl adjacent to an activating group) is 1. The number of piperidine rings is 1. The summed E-state index contributed by atoms with van der Waals surface area (Å²) in [4.78, 5) is 49.5. The molecule has 1 aliphatic rings. The molecule has 0 saturated carbocycles. The molecule has 2 unspecified atom stereocenters. The second kappa shape index (κ2) is 9.94. The van der Waals surface area contributed by atoms with E-state index in [1.807, 2.05) is 13.8 Å². The summed E-state index contributed by atoms with van der Waals surface area (Å²) in [5, 5.41) is 11.5. The fourth-order valence-corrected chi connectivity index (χ4v) is 3.11. The van der Waals surface area contributed by atoms with Gasteiger partial charge in [0.15, 0.2) is 0 Å². The minimum absolute atomic E-state index is 0.0658. The number of carboxylic acids is 1. The van der Waals surface area contributed by atoms with Crippen molar-refractivity contribution < 1.29 is 24.3 Å². The van der Waals surface area contributed by atoms with E-state index in [0.29, 0.717) is 31.4 Å². The minimum atomic E-state index is -0.878. The molecule has 146 valence electrons. The molecule has 3 amide bonds. The number of amides is 3. The van der Waals surface area contributed by atoms with Gasteiger partial charge < -0.3 is 20.2 Å². The third-order valence-corrected chi connectivity index (χ3v) is 4.68. The molecule has 26 heavy (non-hydrogen) atoms. The molecule has 2 N–H and O–H groups in total. The molecule has 1 saturated heterocycles. The summed E-state index contributed by atoms with van der Waals surface area (Å²) >= 11 is 0. The van der Waals surface area contributed by atoms with E-state index >= 15 is 0 Å². The van der Waals surface area contributed by atoms with Crippen LogP contribution in [-0.2, 0) is 19.2 Å². The second-order valence-corrected chi connectivity index (χ2v) is 7.02. The van der Waals surface area contributed by atoms with Crippen LogP contribution in [0.25, 0.3) is 0 Å². The zero-order valence-corrected chi connectivity index (χ0v) is 15.9. The highest BCUT2D eigenvalue weighted by atomic mass is 16.4. The second-order valence-electron chi connectivity index (χ2n) is 7.02. The van der Waals surface area contributed by atoms with Crippen molar-refractivity contribution in [3.63, 3.8) is 0 Å². The number of likely N-dealkylation sites (tertiary alicyclic amines) is 1. The molecule has 0 aromatic heterocycles. The maximum Gasteiger partial charge on any atom is 0.308 e. The Bertz CT molecular complexity index is 573. The van der Waals surface area contributed by atoms with Crippen LogP contribution >= 0.6 is 0 Å². The van der Waals surface area contributed by atoms with Gasteiger partial charge in [-0.1, -0.05) is 19.9 Å². The SMILES string of the molecule is C/C(=C\C(C(C)C)N(C)C(=O)CNC=O)C(=O)N1CCCC(C(=O)O)C1. The van der Waals surface area contributed by atoms with Crippen molar-refractivity contribution in [3.05, 3.63) is 11.6 Å². The van der Waals surface area contributed by atoms with Crippen LogP contribution in [0.3, 0.4) is 0 Å². The standard InChI is InChI=1S/C18H29N3O5/c1-12(2)15(20(4)16(23)9-19-11-22)8-13(3)17(24)21-7-5-6-14(10-21)18(25)26/h8,11-12,14-15H,5-7,9-10H2,1-4H3,(H,19,22)(H,25,26)/b13-8+. The zero-order chi connectivity index (χ0) is 19.9. The molecule has 0 aromatic rings. The van der Waals surface area contributed by atoms with Gasteiger partial charge in [-0.15, -0.1) is 0 Å². The van der Waals surface area contributed by atoms with E-state index in [2.05, 4.69) is 5.32 Å². The summed E-state index contributed by atoms with van der Waals surface area (Å²) in [5.74, 6) is -1.79. The topological polar surface area (TPSA) is 107 Å². The molecule has 0 radical (unpaired) electrons. The van der Waals surface area contributed by atoms with Gasteiger partial charge in [-0.3, -0.25) is 19.2 Å². The molecule has 0 bridgehead atoms. The largest absolute Gasteiger partial charge is 0.481 e. The molecule has 1 fully saturated rings. The van der Waals surface area contributed by atoms with Crippen molar-refractivity contribution in [2.45, 2.75) is 39.7 Å². The molecule has 8 nitrogen and oxygen atoms in total. The Kier molecular flexibility index (Phi) is 8.28. The summed E-state index contributed by atoms with van der Waals surface area (Å²) in [6.07, 6.45) is 3.46. The molecular formula is C18H29N3O5. The number of carbonyl (C=O) groups is 4. The van der Waals surface area contributed by atoms with Gasteiger partial charge in [0.25, 0.3) is 0 Å². The van der Waals surface area contributed by atoms with Gasteiger partial charge in [0.05, 0.1) is 18.5 Å². The van der Waals surface area contributed by atoms with E-state index in [1.54, 1.807) is 24.9 Å². The lowest BCUT2D eigenvalue weighted by Crippen LogP contribution is -2.45. The van der Waals surface area contributed by atoms with E-state index in [4.69, 9.17) is 0 Å². The van der Waals surface area contributed by atoms with E-state index in [1.165, 1.54) is 4.90 Å². The molecule has 1 aliphatic heterocycles. The lowest BCUT2D eigenvalue weighted by Gasteiger charge is -2.32. The number of hydrogen-bond donors (Lipinski definition) is 2. The number of nitrogens with zero attached hydrogens (tertiary/aromatic N) is 2. The Balaban J connectivity index is 2.88. The van der Waals surface area contributed by atoms with E-state index in [0.717, 1.165) is 0 Å². The van der Waals surface area contributed by atoms with Gasteiger partial charge in [-0.2, -0.15) is 0 Å². The fourth-order valence-electron chi connectivity index (χ4n) is 3.11. The summed E-state index contributed by atoms with van der Waals surface area (Å²) in [6.45, 7) is 6.22. The molecule has 0 aromatic carbocycles. The van der Waals surface area contributed by atoms with Gasteiger partial charge in [0.2, 0.25) is 18.2 Å². The average Bonchev–Trinajstić information content (AvgIpc) is 2.62. The lowest BCUT2D eigenvalue weighted by molar-refractivity contribution is -0.145. The highest BCUT2D eigenvalue weighted by Crippen LogP contribution is 2.20. The quantitative estimate of drug-likeness (QED) is 0.479. The molecule has 2 atom stereocenters. The van der Waals surface area contributed by atoms with E-state index in [-0.39, 0.29) is 36.9 Å². The molecular weight excluding hydrogens is 338 g/mol. The molecule has 8 heteroatoms. The number of carbonyl (C=O) groups excluding carboxylic acids is 3. The minimum Gasteiger partial charge on any atom is -0.481 e. The summed E-state index contributed by atoms with van der Waals surface area (Å²) < 4.78 is 0. The fraction of sp³-hybridized carbons (Fsp3) is 0.667. The maximum absolute atomic E-state index is 12.7. The lowest BCUT2D eigenvalue weighted by atomic mass is 9.96. The third kappa shape index (κ3) is 5.86. The third-order valence-electron chi connectivity index (χ3n) is 4.68. The average molecular weight is 367 g/mol. The van der Waals surface area contributed by atoms with Crippen molar-refractivity contribution in [1.29, 1.82) is 0 Å². The summed E-state index contributed by atoms with van der Waals surface area (Å²) in [7, 11) is 1.63. The van der Waals surface area contributed by atoms with E-state index in [9.17, 15) is 24.3 Å². The molecule has 0 spiro atoms. The first kappa shape index (κ1) is 21.7. The maximum atomic E-state index is 12.7.